The van der Waals surface area contributed by atoms with E-state index in [0.717, 1.165) is 5.56 Å². The lowest BCUT2D eigenvalue weighted by atomic mass is 10.1. The van der Waals surface area contributed by atoms with E-state index in [9.17, 15) is 13.2 Å². The third kappa shape index (κ3) is 4.38. The molecule has 0 spiro atoms. The summed E-state index contributed by atoms with van der Waals surface area (Å²) in [5.74, 6) is -0.148. The first-order valence-corrected chi connectivity index (χ1v) is 11.1. The van der Waals surface area contributed by atoms with Crippen molar-refractivity contribution in [3.63, 3.8) is 0 Å². The molecule has 3 rings (SSSR count). The van der Waals surface area contributed by atoms with Crippen LogP contribution in [0.5, 0.6) is 0 Å². The van der Waals surface area contributed by atoms with Crippen molar-refractivity contribution in [1.29, 1.82) is 0 Å². The molecule has 0 bridgehead atoms. The molecule has 0 aliphatic carbocycles. The first-order chi connectivity index (χ1) is 13.3. The van der Waals surface area contributed by atoms with Gasteiger partial charge in [-0.15, -0.1) is 11.3 Å². The van der Waals surface area contributed by atoms with Crippen molar-refractivity contribution in [1.82, 2.24) is 4.90 Å². The fourth-order valence-electron chi connectivity index (χ4n) is 2.65. The maximum absolute atomic E-state index is 12.7. The number of amides is 1. The van der Waals surface area contributed by atoms with E-state index in [1.54, 1.807) is 65.9 Å². The molecule has 0 N–H and O–H groups in total. The zero-order chi connectivity index (χ0) is 20.3. The lowest BCUT2D eigenvalue weighted by Gasteiger charge is -2.20. The Balaban J connectivity index is 1.72. The molecule has 0 saturated carbocycles. The zero-order valence-corrected chi connectivity index (χ0v) is 17.8. The molecular weight excluding hydrogens is 416 g/mol. The monoisotopic (exact) mass is 434 g/mol. The van der Waals surface area contributed by atoms with Gasteiger partial charge in [0.2, 0.25) is 0 Å². The largest absolute Gasteiger partial charge is 0.337 e. The summed E-state index contributed by atoms with van der Waals surface area (Å²) < 4.78 is 26.7. The Morgan fingerprint density at radius 1 is 1.00 bits per heavy atom. The standard InChI is InChI=1S/C20H19ClN2O3S2/c1-22(14-15-5-9-17(21)10-6-15)20(24)16-7-11-18(12-8-16)23(2)28(25,26)19-4-3-13-27-19/h3-13H,14H2,1-2H3. The molecule has 0 fully saturated rings. The molecule has 2 aromatic carbocycles. The average Bonchev–Trinajstić information content (AvgIpc) is 3.24. The number of nitrogens with zero attached hydrogens (tertiary/aromatic N) is 2. The lowest BCUT2D eigenvalue weighted by molar-refractivity contribution is 0.0785. The fraction of sp³-hybridized carbons (Fsp3) is 0.150. The molecule has 146 valence electrons. The highest BCUT2D eigenvalue weighted by Gasteiger charge is 2.22. The second-order valence-electron chi connectivity index (χ2n) is 6.24. The molecule has 8 heteroatoms. The van der Waals surface area contributed by atoms with Crippen LogP contribution < -0.4 is 4.31 Å². The molecule has 1 amide bonds. The Bertz CT molecular complexity index is 1050. The number of benzene rings is 2. The van der Waals surface area contributed by atoms with Gasteiger partial charge in [0.05, 0.1) is 5.69 Å². The highest BCUT2D eigenvalue weighted by Crippen LogP contribution is 2.25. The quantitative estimate of drug-likeness (QED) is 0.574. The van der Waals surface area contributed by atoms with Crippen molar-refractivity contribution in [2.75, 3.05) is 18.4 Å². The summed E-state index contributed by atoms with van der Waals surface area (Å²) in [7, 11) is -0.378. The van der Waals surface area contributed by atoms with E-state index >= 15 is 0 Å². The summed E-state index contributed by atoms with van der Waals surface area (Å²) >= 11 is 7.05. The van der Waals surface area contributed by atoms with Gasteiger partial charge in [-0.1, -0.05) is 29.8 Å². The van der Waals surface area contributed by atoms with Crippen molar-refractivity contribution in [2.24, 2.45) is 0 Å². The molecule has 28 heavy (non-hydrogen) atoms. The number of rotatable bonds is 6. The van der Waals surface area contributed by atoms with Gasteiger partial charge in [0.25, 0.3) is 15.9 Å². The summed E-state index contributed by atoms with van der Waals surface area (Å²) in [5, 5.41) is 2.37. The van der Waals surface area contributed by atoms with Crippen LogP contribution in [0.2, 0.25) is 5.02 Å². The van der Waals surface area contributed by atoms with Crippen LogP contribution in [0.3, 0.4) is 0 Å². The van der Waals surface area contributed by atoms with Crippen LogP contribution >= 0.6 is 22.9 Å². The summed E-state index contributed by atoms with van der Waals surface area (Å²) in [6, 6.07) is 17.1. The van der Waals surface area contributed by atoms with Crippen molar-refractivity contribution in [2.45, 2.75) is 10.8 Å². The summed E-state index contributed by atoms with van der Waals surface area (Å²) in [6.45, 7) is 0.449. The lowest BCUT2D eigenvalue weighted by Crippen LogP contribution is -2.27. The van der Waals surface area contributed by atoms with Gasteiger partial charge in [-0.25, -0.2) is 8.42 Å². The van der Waals surface area contributed by atoms with Crippen LogP contribution in [0, 0.1) is 0 Å². The van der Waals surface area contributed by atoms with E-state index in [2.05, 4.69) is 0 Å². The Hall–Kier alpha value is -2.35. The number of carbonyl (C=O) groups excluding carboxylic acids is 1. The molecule has 0 unspecified atom stereocenters. The zero-order valence-electron chi connectivity index (χ0n) is 15.4. The molecule has 0 radical (unpaired) electrons. The maximum Gasteiger partial charge on any atom is 0.273 e. The molecule has 5 nitrogen and oxygen atoms in total. The van der Waals surface area contributed by atoms with E-state index in [1.807, 2.05) is 12.1 Å². The van der Waals surface area contributed by atoms with Crippen LogP contribution in [-0.2, 0) is 16.6 Å². The highest BCUT2D eigenvalue weighted by atomic mass is 35.5. The Morgan fingerprint density at radius 3 is 2.21 bits per heavy atom. The molecule has 1 aromatic heterocycles. The predicted molar refractivity (Wildman–Crippen MR) is 114 cm³/mol. The van der Waals surface area contributed by atoms with Crippen molar-refractivity contribution >= 4 is 44.6 Å². The van der Waals surface area contributed by atoms with Crippen molar-refractivity contribution < 1.29 is 13.2 Å². The highest BCUT2D eigenvalue weighted by molar-refractivity contribution is 7.94. The van der Waals surface area contributed by atoms with Crippen LogP contribution in [0.25, 0.3) is 0 Å². The normalized spacial score (nSPS) is 11.2. The van der Waals surface area contributed by atoms with Gasteiger partial charge in [0, 0.05) is 31.2 Å². The number of sulfonamides is 1. The van der Waals surface area contributed by atoms with E-state index < -0.39 is 10.0 Å². The second-order valence-corrected chi connectivity index (χ2v) is 9.82. The van der Waals surface area contributed by atoms with E-state index in [4.69, 9.17) is 11.6 Å². The smallest absolute Gasteiger partial charge is 0.273 e. The van der Waals surface area contributed by atoms with Gasteiger partial charge in [-0.3, -0.25) is 9.10 Å². The van der Waals surface area contributed by atoms with Gasteiger partial charge < -0.3 is 4.90 Å². The van der Waals surface area contributed by atoms with E-state index in [1.165, 1.54) is 22.7 Å². The molecule has 0 saturated heterocycles. The first-order valence-electron chi connectivity index (χ1n) is 8.41. The van der Waals surface area contributed by atoms with E-state index in [0.29, 0.717) is 22.8 Å². The minimum atomic E-state index is -3.60. The summed E-state index contributed by atoms with van der Waals surface area (Å²) in [5.41, 5.74) is 1.95. The Morgan fingerprint density at radius 2 is 1.64 bits per heavy atom. The van der Waals surface area contributed by atoms with Crippen molar-refractivity contribution in [3.05, 3.63) is 82.2 Å². The average molecular weight is 435 g/mol. The van der Waals surface area contributed by atoms with Gasteiger partial charge in [0.15, 0.2) is 0 Å². The van der Waals surface area contributed by atoms with Gasteiger partial charge in [0.1, 0.15) is 4.21 Å². The SMILES string of the molecule is CN(Cc1ccc(Cl)cc1)C(=O)c1ccc(N(C)S(=O)(=O)c2cccs2)cc1. The molecule has 0 aliphatic heterocycles. The first kappa shape index (κ1) is 20.4. The van der Waals surface area contributed by atoms with Gasteiger partial charge in [-0.2, -0.15) is 0 Å². The number of carbonyl (C=O) groups is 1. The van der Waals surface area contributed by atoms with Gasteiger partial charge in [-0.05, 0) is 53.4 Å². The molecular formula is C20H19ClN2O3S2. The molecule has 0 aliphatic rings. The minimum Gasteiger partial charge on any atom is -0.337 e. The van der Waals surface area contributed by atoms with Crippen LogP contribution in [-0.4, -0.2) is 33.3 Å². The molecule has 1 heterocycles. The minimum absolute atomic E-state index is 0.148. The number of hydrogen-bond donors (Lipinski definition) is 0. The van der Waals surface area contributed by atoms with E-state index in [-0.39, 0.29) is 10.1 Å². The Labute approximate surface area is 173 Å². The van der Waals surface area contributed by atoms with Gasteiger partial charge >= 0.3 is 0 Å². The third-order valence-electron chi connectivity index (χ3n) is 4.27. The third-order valence-corrected chi connectivity index (χ3v) is 7.68. The maximum atomic E-state index is 12.7. The predicted octanol–water partition coefficient (Wildman–Crippen LogP) is 4.50. The summed E-state index contributed by atoms with van der Waals surface area (Å²) in [4.78, 5) is 14.3. The summed E-state index contributed by atoms with van der Waals surface area (Å²) in [6.07, 6.45) is 0. The van der Waals surface area contributed by atoms with Crippen LogP contribution in [0.15, 0.2) is 70.3 Å². The Kier molecular flexibility index (Phi) is 6.07. The van der Waals surface area contributed by atoms with Crippen LogP contribution in [0.4, 0.5) is 5.69 Å². The van der Waals surface area contributed by atoms with Crippen molar-refractivity contribution in [3.8, 4) is 0 Å². The molecule has 0 atom stereocenters. The van der Waals surface area contributed by atoms with Crippen LogP contribution in [0.1, 0.15) is 15.9 Å². The molecule has 3 aromatic rings. The number of thiophene rings is 1. The topological polar surface area (TPSA) is 57.7 Å². The second kappa shape index (κ2) is 8.34. The fourth-order valence-corrected chi connectivity index (χ4v) is 5.14. The number of anilines is 1. The number of halogens is 1. The number of hydrogen-bond acceptors (Lipinski definition) is 4.